The van der Waals surface area contributed by atoms with Crippen LogP contribution in [0.1, 0.15) is 35.2 Å². The Hall–Kier alpha value is -2.73. The second-order valence-corrected chi connectivity index (χ2v) is 6.68. The molecule has 1 fully saturated rings. The molecule has 0 atom stereocenters. The lowest BCUT2D eigenvalue weighted by molar-refractivity contribution is -0.116. The van der Waals surface area contributed by atoms with Crippen molar-refractivity contribution in [2.75, 3.05) is 25.0 Å². The first-order valence-corrected chi connectivity index (χ1v) is 9.26. The van der Waals surface area contributed by atoms with Crippen LogP contribution < -0.4 is 10.6 Å². The number of carbonyl (C=O) groups is 2. The molecule has 2 N–H and O–H groups in total. The van der Waals surface area contributed by atoms with Crippen molar-refractivity contribution in [2.45, 2.75) is 25.8 Å². The first-order valence-electron chi connectivity index (χ1n) is 9.26. The average Bonchev–Trinajstić information content (AvgIpc) is 3.20. The maximum Gasteiger partial charge on any atom is 0.253 e. The lowest BCUT2D eigenvalue weighted by Gasteiger charge is -2.15. The molecule has 0 aliphatic carbocycles. The summed E-state index contributed by atoms with van der Waals surface area (Å²) in [6.45, 7) is 2.82. The van der Waals surface area contributed by atoms with Crippen LogP contribution in [0, 0.1) is 5.82 Å². The third kappa shape index (κ3) is 5.62. The fraction of sp³-hybridized carbons (Fsp3) is 0.333. The molecule has 6 heteroatoms. The number of benzene rings is 2. The van der Waals surface area contributed by atoms with Crippen LogP contribution in [0.5, 0.6) is 0 Å². The van der Waals surface area contributed by atoms with Crippen molar-refractivity contribution in [3.05, 3.63) is 65.5 Å². The van der Waals surface area contributed by atoms with Gasteiger partial charge in [0.15, 0.2) is 0 Å². The number of likely N-dealkylation sites (tertiary alicyclic amines) is 1. The molecule has 5 nitrogen and oxygen atoms in total. The van der Waals surface area contributed by atoms with Crippen LogP contribution in [0.15, 0.2) is 48.5 Å². The molecule has 1 aliphatic heterocycles. The number of halogens is 1. The number of hydrogen-bond donors (Lipinski definition) is 2. The Bertz CT molecular complexity index is 786. The van der Waals surface area contributed by atoms with Crippen LogP contribution in [0.4, 0.5) is 10.1 Å². The highest BCUT2D eigenvalue weighted by molar-refractivity contribution is 5.94. The fourth-order valence-corrected chi connectivity index (χ4v) is 3.09. The van der Waals surface area contributed by atoms with E-state index in [0.29, 0.717) is 25.2 Å². The fourth-order valence-electron chi connectivity index (χ4n) is 3.09. The van der Waals surface area contributed by atoms with Crippen LogP contribution in [-0.4, -0.2) is 36.3 Å². The van der Waals surface area contributed by atoms with E-state index in [4.69, 9.17) is 0 Å². The van der Waals surface area contributed by atoms with Crippen molar-refractivity contribution in [1.29, 1.82) is 0 Å². The van der Waals surface area contributed by atoms with Gasteiger partial charge < -0.3 is 15.5 Å². The van der Waals surface area contributed by atoms with Gasteiger partial charge in [0.25, 0.3) is 5.91 Å². The summed E-state index contributed by atoms with van der Waals surface area (Å²) < 4.78 is 13.1. The monoisotopic (exact) mass is 369 g/mol. The molecule has 2 amide bonds. The van der Waals surface area contributed by atoms with Crippen molar-refractivity contribution in [1.82, 2.24) is 10.2 Å². The van der Waals surface area contributed by atoms with Gasteiger partial charge in [0.1, 0.15) is 5.82 Å². The highest BCUT2D eigenvalue weighted by Crippen LogP contribution is 2.14. The highest BCUT2D eigenvalue weighted by Gasteiger charge is 2.19. The van der Waals surface area contributed by atoms with Gasteiger partial charge in [-0.3, -0.25) is 9.59 Å². The Morgan fingerprint density at radius 2 is 1.78 bits per heavy atom. The molecule has 1 aliphatic rings. The molecule has 1 heterocycles. The largest absolute Gasteiger partial charge is 0.339 e. The second kappa shape index (κ2) is 9.28. The van der Waals surface area contributed by atoms with E-state index in [0.717, 1.165) is 37.1 Å². The number of rotatable bonds is 7. The second-order valence-electron chi connectivity index (χ2n) is 6.68. The molecule has 0 spiro atoms. The minimum atomic E-state index is -0.377. The van der Waals surface area contributed by atoms with E-state index in [1.165, 1.54) is 12.1 Å². The maximum absolute atomic E-state index is 13.1. The Labute approximate surface area is 158 Å². The summed E-state index contributed by atoms with van der Waals surface area (Å²) in [4.78, 5) is 26.1. The number of amides is 2. The number of carbonyl (C=O) groups excluding carboxylic acids is 2. The minimum Gasteiger partial charge on any atom is -0.339 e. The van der Waals surface area contributed by atoms with Crippen molar-refractivity contribution >= 4 is 17.5 Å². The quantitative estimate of drug-likeness (QED) is 0.737. The predicted octanol–water partition coefficient (Wildman–Crippen LogP) is 3.18. The van der Waals surface area contributed by atoms with E-state index in [1.807, 2.05) is 29.2 Å². The number of anilines is 1. The molecule has 2 aromatic rings. The van der Waals surface area contributed by atoms with E-state index >= 15 is 0 Å². The zero-order valence-electron chi connectivity index (χ0n) is 15.2. The minimum absolute atomic E-state index is 0.0982. The smallest absolute Gasteiger partial charge is 0.253 e. The Morgan fingerprint density at radius 3 is 2.48 bits per heavy atom. The molecule has 27 heavy (non-hydrogen) atoms. The van der Waals surface area contributed by atoms with E-state index in [9.17, 15) is 14.0 Å². The van der Waals surface area contributed by atoms with Gasteiger partial charge in [-0.15, -0.1) is 0 Å². The SMILES string of the molecule is O=C(CCNCc1ccc(C(=O)N2CCCC2)cc1)Nc1cccc(F)c1. The summed E-state index contributed by atoms with van der Waals surface area (Å²) in [6.07, 6.45) is 2.46. The maximum atomic E-state index is 13.1. The van der Waals surface area contributed by atoms with Gasteiger partial charge in [0.2, 0.25) is 5.91 Å². The number of nitrogens with zero attached hydrogens (tertiary/aromatic N) is 1. The number of hydrogen-bond acceptors (Lipinski definition) is 3. The van der Waals surface area contributed by atoms with Crippen LogP contribution in [0.25, 0.3) is 0 Å². The van der Waals surface area contributed by atoms with Gasteiger partial charge in [-0.2, -0.15) is 0 Å². The molecule has 0 saturated carbocycles. The Balaban J connectivity index is 1.38. The summed E-state index contributed by atoms with van der Waals surface area (Å²) in [6, 6.07) is 13.4. The average molecular weight is 369 g/mol. The van der Waals surface area contributed by atoms with Crippen molar-refractivity contribution in [3.8, 4) is 0 Å². The molecule has 3 rings (SSSR count). The van der Waals surface area contributed by atoms with Gasteiger partial charge in [0, 0.05) is 43.9 Å². The Morgan fingerprint density at radius 1 is 1.04 bits per heavy atom. The van der Waals surface area contributed by atoms with Crippen LogP contribution in [0.3, 0.4) is 0 Å². The van der Waals surface area contributed by atoms with Gasteiger partial charge >= 0.3 is 0 Å². The summed E-state index contributed by atoms with van der Waals surface area (Å²) in [7, 11) is 0. The zero-order chi connectivity index (χ0) is 19.1. The van der Waals surface area contributed by atoms with E-state index < -0.39 is 0 Å². The van der Waals surface area contributed by atoms with Crippen molar-refractivity contribution in [3.63, 3.8) is 0 Å². The predicted molar refractivity (Wildman–Crippen MR) is 103 cm³/mol. The molecule has 1 saturated heterocycles. The molecule has 0 radical (unpaired) electrons. The van der Waals surface area contributed by atoms with E-state index in [1.54, 1.807) is 12.1 Å². The van der Waals surface area contributed by atoms with Crippen LogP contribution in [0.2, 0.25) is 0 Å². The summed E-state index contributed by atoms with van der Waals surface area (Å²) >= 11 is 0. The number of nitrogens with one attached hydrogen (secondary N) is 2. The first-order chi connectivity index (χ1) is 13.1. The van der Waals surface area contributed by atoms with Crippen molar-refractivity contribution in [2.24, 2.45) is 0 Å². The van der Waals surface area contributed by atoms with Crippen molar-refractivity contribution < 1.29 is 14.0 Å². The standard InChI is InChI=1S/C21H24FN3O2/c22-18-4-3-5-19(14-18)24-20(26)10-11-23-15-16-6-8-17(9-7-16)21(27)25-12-1-2-13-25/h3-9,14,23H,1-2,10-13,15H2,(H,24,26). The Kier molecular flexibility index (Phi) is 6.54. The molecular formula is C21H24FN3O2. The van der Waals surface area contributed by atoms with Crippen LogP contribution in [-0.2, 0) is 11.3 Å². The van der Waals surface area contributed by atoms with Crippen LogP contribution >= 0.6 is 0 Å². The van der Waals surface area contributed by atoms with E-state index in [-0.39, 0.29) is 17.6 Å². The highest BCUT2D eigenvalue weighted by atomic mass is 19.1. The lowest BCUT2D eigenvalue weighted by Crippen LogP contribution is -2.27. The molecular weight excluding hydrogens is 345 g/mol. The van der Waals surface area contributed by atoms with Gasteiger partial charge in [-0.1, -0.05) is 18.2 Å². The third-order valence-electron chi connectivity index (χ3n) is 4.56. The topological polar surface area (TPSA) is 61.4 Å². The zero-order valence-corrected chi connectivity index (χ0v) is 15.2. The van der Waals surface area contributed by atoms with Gasteiger partial charge in [-0.25, -0.2) is 4.39 Å². The van der Waals surface area contributed by atoms with Gasteiger partial charge in [0.05, 0.1) is 0 Å². The lowest BCUT2D eigenvalue weighted by atomic mass is 10.1. The van der Waals surface area contributed by atoms with Gasteiger partial charge in [-0.05, 0) is 48.7 Å². The van der Waals surface area contributed by atoms with E-state index in [2.05, 4.69) is 10.6 Å². The summed E-state index contributed by atoms with van der Waals surface area (Å²) in [5, 5.41) is 5.87. The molecule has 0 bridgehead atoms. The summed E-state index contributed by atoms with van der Waals surface area (Å²) in [5.41, 5.74) is 2.23. The molecule has 0 aromatic heterocycles. The molecule has 142 valence electrons. The normalized spacial score (nSPS) is 13.6. The molecule has 0 unspecified atom stereocenters. The molecule has 2 aromatic carbocycles. The summed E-state index contributed by atoms with van der Waals surface area (Å²) in [5.74, 6) is -0.446. The third-order valence-corrected chi connectivity index (χ3v) is 4.56. The first kappa shape index (κ1) is 19.0.